The minimum absolute atomic E-state index is 0.0100. The zero-order valence-corrected chi connectivity index (χ0v) is 13.5. The van der Waals surface area contributed by atoms with Crippen LogP contribution in [0.2, 0.25) is 0 Å². The fourth-order valence-corrected chi connectivity index (χ4v) is 5.01. The maximum atomic E-state index is 11.5. The van der Waals surface area contributed by atoms with Gasteiger partial charge in [0.25, 0.3) is 0 Å². The van der Waals surface area contributed by atoms with Gasteiger partial charge in [-0.25, -0.2) is 0 Å². The van der Waals surface area contributed by atoms with Crippen LogP contribution in [-0.2, 0) is 0 Å². The first-order valence-corrected chi connectivity index (χ1v) is 8.82. The molecule has 3 aliphatic rings. The molecule has 3 rings (SSSR count). The summed E-state index contributed by atoms with van der Waals surface area (Å²) in [6, 6.07) is 0. The van der Waals surface area contributed by atoms with Gasteiger partial charge in [0.05, 0.1) is 5.60 Å². The monoisotopic (exact) mass is 279 g/mol. The minimum Gasteiger partial charge on any atom is -0.389 e. The highest BCUT2D eigenvalue weighted by Crippen LogP contribution is 2.57. The van der Waals surface area contributed by atoms with E-state index >= 15 is 0 Å². The molecular formula is C18H33NO. The number of aliphatic hydroxyl groups is 1. The van der Waals surface area contributed by atoms with Crippen LogP contribution < -0.4 is 5.73 Å². The van der Waals surface area contributed by atoms with Crippen LogP contribution in [0.5, 0.6) is 0 Å². The Morgan fingerprint density at radius 1 is 0.950 bits per heavy atom. The van der Waals surface area contributed by atoms with Gasteiger partial charge in [0, 0.05) is 12.0 Å². The Kier molecular flexibility index (Phi) is 3.70. The Morgan fingerprint density at radius 3 is 2.15 bits per heavy atom. The lowest BCUT2D eigenvalue weighted by molar-refractivity contribution is -0.144. The van der Waals surface area contributed by atoms with Gasteiger partial charge in [0.1, 0.15) is 0 Å². The molecule has 0 aliphatic heterocycles. The van der Waals surface area contributed by atoms with Crippen molar-refractivity contribution in [2.45, 2.75) is 83.7 Å². The molecule has 2 nitrogen and oxygen atoms in total. The highest BCUT2D eigenvalue weighted by atomic mass is 16.3. The van der Waals surface area contributed by atoms with Crippen LogP contribution in [0.4, 0.5) is 0 Å². The lowest BCUT2D eigenvalue weighted by atomic mass is 9.54. The van der Waals surface area contributed by atoms with Crippen molar-refractivity contribution < 1.29 is 5.11 Å². The second kappa shape index (κ2) is 4.98. The van der Waals surface area contributed by atoms with Crippen LogP contribution in [0.3, 0.4) is 0 Å². The molecule has 0 aromatic heterocycles. The molecule has 2 unspecified atom stereocenters. The van der Waals surface area contributed by atoms with Crippen LogP contribution in [0.25, 0.3) is 0 Å². The van der Waals surface area contributed by atoms with Crippen molar-refractivity contribution in [3.8, 4) is 0 Å². The van der Waals surface area contributed by atoms with Gasteiger partial charge in [0.15, 0.2) is 0 Å². The molecule has 0 spiro atoms. The van der Waals surface area contributed by atoms with Gasteiger partial charge in [-0.3, -0.25) is 0 Å². The summed E-state index contributed by atoms with van der Waals surface area (Å²) in [5, 5.41) is 11.5. The molecule has 0 heterocycles. The Labute approximate surface area is 124 Å². The molecule has 3 saturated carbocycles. The van der Waals surface area contributed by atoms with E-state index in [0.29, 0.717) is 12.0 Å². The summed E-state index contributed by atoms with van der Waals surface area (Å²) in [6.07, 6.45) is 12.1. The Bertz CT molecular complexity index is 350. The van der Waals surface area contributed by atoms with E-state index in [1.807, 2.05) is 0 Å². The minimum atomic E-state index is -0.468. The normalized spacial score (nSPS) is 40.5. The van der Waals surface area contributed by atoms with E-state index in [0.717, 1.165) is 37.5 Å². The molecule has 3 N–H and O–H groups in total. The van der Waals surface area contributed by atoms with Gasteiger partial charge >= 0.3 is 0 Å². The summed E-state index contributed by atoms with van der Waals surface area (Å²) in [4.78, 5) is 0. The molecule has 0 bridgehead atoms. The average Bonchev–Trinajstić information content (AvgIpc) is 3.23. The first kappa shape index (κ1) is 14.8. The number of rotatable bonds is 3. The fraction of sp³-hybridized carbons (Fsp3) is 1.00. The van der Waals surface area contributed by atoms with Gasteiger partial charge in [-0.2, -0.15) is 0 Å². The van der Waals surface area contributed by atoms with E-state index in [4.69, 9.17) is 5.73 Å². The van der Waals surface area contributed by atoms with E-state index in [9.17, 15) is 5.11 Å². The molecule has 0 aromatic rings. The molecule has 2 heteroatoms. The highest BCUT2D eigenvalue weighted by Gasteiger charge is 2.54. The predicted octanol–water partition coefficient (Wildman–Crippen LogP) is 3.86. The highest BCUT2D eigenvalue weighted by molar-refractivity contribution is 5.06. The largest absolute Gasteiger partial charge is 0.389 e. The molecular weight excluding hydrogens is 246 g/mol. The van der Waals surface area contributed by atoms with E-state index < -0.39 is 5.60 Å². The molecule has 2 atom stereocenters. The van der Waals surface area contributed by atoms with E-state index in [-0.39, 0.29) is 5.41 Å². The average molecular weight is 279 g/mol. The molecule has 3 aliphatic carbocycles. The first-order chi connectivity index (χ1) is 9.40. The number of hydrogen-bond acceptors (Lipinski definition) is 2. The summed E-state index contributed by atoms with van der Waals surface area (Å²) in [7, 11) is 0. The summed E-state index contributed by atoms with van der Waals surface area (Å²) in [5.41, 5.74) is 6.21. The Hall–Kier alpha value is -0.0800. The van der Waals surface area contributed by atoms with Crippen LogP contribution in [0, 0.1) is 22.7 Å². The molecule has 116 valence electrons. The van der Waals surface area contributed by atoms with Crippen molar-refractivity contribution in [3.05, 3.63) is 0 Å². The SMILES string of the molecule is CC1(C)CCC(CN)(C2(O)CCCC(C3CC3)C2)CC1. The lowest BCUT2D eigenvalue weighted by Gasteiger charge is -2.55. The maximum Gasteiger partial charge on any atom is 0.0718 e. The second-order valence-electron chi connectivity index (χ2n) is 8.87. The van der Waals surface area contributed by atoms with E-state index in [1.165, 1.54) is 38.5 Å². The van der Waals surface area contributed by atoms with Gasteiger partial charge in [0.2, 0.25) is 0 Å². The zero-order chi connectivity index (χ0) is 14.4. The molecule has 20 heavy (non-hydrogen) atoms. The van der Waals surface area contributed by atoms with Crippen LogP contribution in [0.15, 0.2) is 0 Å². The topological polar surface area (TPSA) is 46.2 Å². The first-order valence-electron chi connectivity index (χ1n) is 8.82. The quantitative estimate of drug-likeness (QED) is 0.824. The molecule has 0 saturated heterocycles. The fourth-order valence-electron chi connectivity index (χ4n) is 5.01. The molecule has 3 fully saturated rings. The third-order valence-corrected chi connectivity index (χ3v) is 6.99. The van der Waals surface area contributed by atoms with Crippen molar-refractivity contribution in [3.63, 3.8) is 0 Å². The van der Waals surface area contributed by atoms with Crippen molar-refractivity contribution in [2.24, 2.45) is 28.4 Å². The maximum absolute atomic E-state index is 11.5. The summed E-state index contributed by atoms with van der Waals surface area (Å²) in [6.45, 7) is 5.41. The zero-order valence-electron chi connectivity index (χ0n) is 13.5. The van der Waals surface area contributed by atoms with Gasteiger partial charge in [-0.05, 0) is 75.0 Å². The van der Waals surface area contributed by atoms with Crippen molar-refractivity contribution in [1.29, 1.82) is 0 Å². The summed E-state index contributed by atoms with van der Waals surface area (Å²) in [5.74, 6) is 1.71. The molecule has 0 amide bonds. The third-order valence-electron chi connectivity index (χ3n) is 6.99. The predicted molar refractivity (Wildman–Crippen MR) is 83.4 cm³/mol. The van der Waals surface area contributed by atoms with Crippen LogP contribution in [-0.4, -0.2) is 17.3 Å². The standard InChI is InChI=1S/C18H33NO/c1-16(2)8-10-17(13-19,11-9-16)18(20)7-3-4-15(12-18)14-5-6-14/h14-15,20H,3-13,19H2,1-2H3. The van der Waals surface area contributed by atoms with Gasteiger partial charge in [-0.1, -0.05) is 20.3 Å². The Morgan fingerprint density at radius 2 is 1.60 bits per heavy atom. The van der Waals surface area contributed by atoms with Crippen LogP contribution >= 0.6 is 0 Å². The summed E-state index contributed by atoms with van der Waals surface area (Å²) >= 11 is 0. The summed E-state index contributed by atoms with van der Waals surface area (Å²) < 4.78 is 0. The molecule has 0 radical (unpaired) electrons. The van der Waals surface area contributed by atoms with E-state index in [2.05, 4.69) is 13.8 Å². The number of hydrogen-bond donors (Lipinski definition) is 2. The Balaban J connectivity index is 1.76. The second-order valence-corrected chi connectivity index (χ2v) is 8.87. The van der Waals surface area contributed by atoms with Crippen molar-refractivity contribution >= 4 is 0 Å². The van der Waals surface area contributed by atoms with Gasteiger partial charge < -0.3 is 10.8 Å². The number of nitrogens with two attached hydrogens (primary N) is 1. The lowest BCUT2D eigenvalue weighted by Crippen LogP contribution is -2.57. The van der Waals surface area contributed by atoms with Crippen molar-refractivity contribution in [2.75, 3.05) is 6.54 Å². The molecule has 0 aromatic carbocycles. The van der Waals surface area contributed by atoms with E-state index in [1.54, 1.807) is 0 Å². The van der Waals surface area contributed by atoms with Crippen molar-refractivity contribution in [1.82, 2.24) is 0 Å². The smallest absolute Gasteiger partial charge is 0.0718 e. The van der Waals surface area contributed by atoms with Gasteiger partial charge in [-0.15, -0.1) is 0 Å². The third kappa shape index (κ3) is 2.54. The van der Waals surface area contributed by atoms with Crippen LogP contribution in [0.1, 0.15) is 78.1 Å².